The lowest BCUT2D eigenvalue weighted by molar-refractivity contribution is -0.152. The molecule has 2 aromatic rings. The zero-order valence-corrected chi connectivity index (χ0v) is 15.8. The zero-order valence-electron chi connectivity index (χ0n) is 15.8. The maximum atomic E-state index is 11.8. The molecule has 2 rings (SSSR count). The Morgan fingerprint density at radius 2 is 1.63 bits per heavy atom. The van der Waals surface area contributed by atoms with Crippen molar-refractivity contribution in [2.24, 2.45) is 0 Å². The number of benzene rings is 2. The van der Waals surface area contributed by atoms with Crippen LogP contribution in [0.2, 0.25) is 0 Å². The topological polar surface area (TPSA) is 54.0 Å². The van der Waals surface area contributed by atoms with Crippen LogP contribution in [0.15, 0.2) is 60.7 Å². The van der Waals surface area contributed by atoms with Gasteiger partial charge in [0, 0.05) is 19.3 Å². The van der Waals surface area contributed by atoms with Crippen molar-refractivity contribution in [3.05, 3.63) is 71.8 Å². The predicted octanol–water partition coefficient (Wildman–Crippen LogP) is 4.22. The van der Waals surface area contributed by atoms with Crippen molar-refractivity contribution in [3.63, 3.8) is 0 Å². The van der Waals surface area contributed by atoms with E-state index in [1.165, 1.54) is 6.08 Å². The average Bonchev–Trinajstić information content (AvgIpc) is 2.71. The van der Waals surface area contributed by atoms with Crippen LogP contribution >= 0.6 is 0 Å². The van der Waals surface area contributed by atoms with E-state index in [4.69, 9.17) is 18.9 Å². The van der Waals surface area contributed by atoms with E-state index < -0.39 is 0 Å². The minimum absolute atomic E-state index is 0.262. The molecule has 0 radical (unpaired) electrons. The predicted molar refractivity (Wildman–Crippen MR) is 104 cm³/mol. The maximum Gasteiger partial charge on any atom is 0.331 e. The molecule has 5 nitrogen and oxygen atoms in total. The number of hydrogen-bond acceptors (Lipinski definition) is 5. The molecule has 0 atom stereocenters. The highest BCUT2D eigenvalue weighted by molar-refractivity contribution is 5.87. The van der Waals surface area contributed by atoms with E-state index in [1.54, 1.807) is 6.08 Å². The lowest BCUT2D eigenvalue weighted by Crippen LogP contribution is -2.25. The molecule has 0 saturated carbocycles. The Hall–Kier alpha value is -2.63. The van der Waals surface area contributed by atoms with Crippen molar-refractivity contribution < 1.29 is 23.7 Å². The maximum absolute atomic E-state index is 11.8. The summed E-state index contributed by atoms with van der Waals surface area (Å²) in [5, 5.41) is 0. The van der Waals surface area contributed by atoms with Gasteiger partial charge in [0.1, 0.15) is 19.0 Å². The lowest BCUT2D eigenvalue weighted by Gasteiger charge is -2.17. The standard InChI is InChI=1S/C22H26O5/c1-3-24-22(25-4-2)17-26-20-13-10-18(11-14-20)12-15-21(23)27-16-19-8-6-5-7-9-19/h5-15,22H,3-4,16-17H2,1-2H3. The summed E-state index contributed by atoms with van der Waals surface area (Å²) in [6.45, 7) is 5.55. The Morgan fingerprint density at radius 1 is 0.963 bits per heavy atom. The molecule has 0 amide bonds. The van der Waals surface area contributed by atoms with Gasteiger partial charge in [-0.3, -0.25) is 0 Å². The molecule has 0 spiro atoms. The Balaban J connectivity index is 1.78. The molecule has 0 N–H and O–H groups in total. The van der Waals surface area contributed by atoms with Gasteiger partial charge in [-0.2, -0.15) is 0 Å². The quantitative estimate of drug-likeness (QED) is 0.337. The normalized spacial score (nSPS) is 11.1. The van der Waals surface area contributed by atoms with E-state index in [0.717, 1.165) is 11.1 Å². The van der Waals surface area contributed by atoms with Gasteiger partial charge < -0.3 is 18.9 Å². The Labute approximate surface area is 160 Å². The van der Waals surface area contributed by atoms with Crippen LogP contribution in [0.5, 0.6) is 5.75 Å². The van der Waals surface area contributed by atoms with Crippen molar-refractivity contribution in [3.8, 4) is 5.75 Å². The van der Waals surface area contributed by atoms with Crippen molar-refractivity contribution >= 4 is 12.0 Å². The summed E-state index contributed by atoms with van der Waals surface area (Å²) in [6.07, 6.45) is 2.75. The average molecular weight is 370 g/mol. The molecule has 0 aromatic heterocycles. The number of carbonyl (C=O) groups is 1. The minimum Gasteiger partial charge on any atom is -0.488 e. The number of hydrogen-bond donors (Lipinski definition) is 0. The number of carbonyl (C=O) groups excluding carboxylic acids is 1. The SMILES string of the molecule is CCOC(COc1ccc(C=CC(=O)OCc2ccccc2)cc1)OCC. The second-order valence-electron chi connectivity index (χ2n) is 5.65. The number of rotatable bonds is 11. The van der Waals surface area contributed by atoms with Crippen LogP contribution in [-0.4, -0.2) is 32.1 Å². The molecule has 5 heteroatoms. The van der Waals surface area contributed by atoms with Crippen LogP contribution in [0.1, 0.15) is 25.0 Å². The molecule has 2 aromatic carbocycles. The summed E-state index contributed by atoms with van der Waals surface area (Å²) >= 11 is 0. The van der Waals surface area contributed by atoms with Gasteiger partial charge in [-0.15, -0.1) is 0 Å². The summed E-state index contributed by atoms with van der Waals surface area (Å²) in [5.74, 6) is 0.332. The zero-order chi connectivity index (χ0) is 19.3. The second kappa shape index (κ2) is 11.9. The van der Waals surface area contributed by atoms with E-state index >= 15 is 0 Å². The summed E-state index contributed by atoms with van der Waals surface area (Å²) in [7, 11) is 0. The largest absolute Gasteiger partial charge is 0.488 e. The van der Waals surface area contributed by atoms with Crippen LogP contribution in [0, 0.1) is 0 Å². The third-order valence-electron chi connectivity index (χ3n) is 3.61. The van der Waals surface area contributed by atoms with Crippen LogP contribution in [-0.2, 0) is 25.6 Å². The summed E-state index contributed by atoms with van der Waals surface area (Å²) in [5.41, 5.74) is 1.84. The summed E-state index contributed by atoms with van der Waals surface area (Å²) in [4.78, 5) is 11.8. The van der Waals surface area contributed by atoms with E-state index in [0.29, 0.717) is 25.6 Å². The van der Waals surface area contributed by atoms with Gasteiger partial charge in [0.05, 0.1) is 0 Å². The first-order valence-corrected chi connectivity index (χ1v) is 9.06. The number of esters is 1. The number of ether oxygens (including phenoxy) is 4. The fourth-order valence-electron chi connectivity index (χ4n) is 2.30. The fraction of sp³-hybridized carbons (Fsp3) is 0.318. The molecule has 0 aliphatic heterocycles. The van der Waals surface area contributed by atoms with E-state index in [2.05, 4.69) is 0 Å². The highest BCUT2D eigenvalue weighted by Crippen LogP contribution is 2.14. The van der Waals surface area contributed by atoms with Gasteiger partial charge in [-0.1, -0.05) is 42.5 Å². The van der Waals surface area contributed by atoms with Gasteiger partial charge in [0.15, 0.2) is 6.29 Å². The van der Waals surface area contributed by atoms with Crippen LogP contribution in [0.25, 0.3) is 6.08 Å². The molecule has 27 heavy (non-hydrogen) atoms. The monoisotopic (exact) mass is 370 g/mol. The van der Waals surface area contributed by atoms with Gasteiger partial charge in [0.25, 0.3) is 0 Å². The van der Waals surface area contributed by atoms with Gasteiger partial charge in [-0.05, 0) is 43.2 Å². The van der Waals surface area contributed by atoms with E-state index in [-0.39, 0.29) is 18.9 Å². The Morgan fingerprint density at radius 3 is 2.26 bits per heavy atom. The summed E-state index contributed by atoms with van der Waals surface area (Å²) in [6, 6.07) is 17.0. The second-order valence-corrected chi connectivity index (χ2v) is 5.65. The molecule has 0 saturated heterocycles. The minimum atomic E-state index is -0.379. The lowest BCUT2D eigenvalue weighted by atomic mass is 10.2. The van der Waals surface area contributed by atoms with Crippen molar-refractivity contribution in [2.45, 2.75) is 26.7 Å². The fourth-order valence-corrected chi connectivity index (χ4v) is 2.30. The first-order chi connectivity index (χ1) is 13.2. The smallest absolute Gasteiger partial charge is 0.331 e. The first-order valence-electron chi connectivity index (χ1n) is 9.06. The molecular formula is C22H26O5. The molecule has 0 aliphatic carbocycles. The van der Waals surface area contributed by atoms with Crippen LogP contribution in [0.4, 0.5) is 0 Å². The molecule has 0 heterocycles. The van der Waals surface area contributed by atoms with Gasteiger partial charge in [-0.25, -0.2) is 4.79 Å². The molecule has 0 fully saturated rings. The van der Waals surface area contributed by atoms with Crippen molar-refractivity contribution in [1.29, 1.82) is 0 Å². The molecule has 144 valence electrons. The van der Waals surface area contributed by atoms with Crippen LogP contribution < -0.4 is 4.74 Å². The van der Waals surface area contributed by atoms with Gasteiger partial charge >= 0.3 is 5.97 Å². The van der Waals surface area contributed by atoms with Gasteiger partial charge in [0.2, 0.25) is 0 Å². The first kappa shape index (κ1) is 20.7. The van der Waals surface area contributed by atoms with E-state index in [9.17, 15) is 4.79 Å². The molecule has 0 bridgehead atoms. The van der Waals surface area contributed by atoms with Crippen molar-refractivity contribution in [2.75, 3.05) is 19.8 Å². The third kappa shape index (κ3) is 8.07. The highest BCUT2D eigenvalue weighted by atomic mass is 16.7. The Bertz CT molecular complexity index is 688. The van der Waals surface area contributed by atoms with E-state index in [1.807, 2.05) is 68.4 Å². The van der Waals surface area contributed by atoms with Crippen LogP contribution in [0.3, 0.4) is 0 Å². The summed E-state index contributed by atoms with van der Waals surface area (Å²) < 4.78 is 21.8. The highest BCUT2D eigenvalue weighted by Gasteiger charge is 2.08. The molecular weight excluding hydrogens is 344 g/mol. The van der Waals surface area contributed by atoms with Crippen molar-refractivity contribution in [1.82, 2.24) is 0 Å². The third-order valence-corrected chi connectivity index (χ3v) is 3.61. The molecule has 0 unspecified atom stereocenters. The molecule has 0 aliphatic rings. The Kier molecular flexibility index (Phi) is 9.10.